The standard InChI is InChI=1S/C23H19FO3/c1-3-23(25)27-20-12-13-21(22(24)14-20)19-10-8-18(9-11-19)17-6-4-16(5-7-17)15-26-2/h3-14H,1,15H2,2H3. The minimum atomic E-state index is -0.622. The highest BCUT2D eigenvalue weighted by Crippen LogP contribution is 2.29. The molecule has 0 N–H and O–H groups in total. The summed E-state index contributed by atoms with van der Waals surface area (Å²) >= 11 is 0. The maximum Gasteiger partial charge on any atom is 0.335 e. The highest BCUT2D eigenvalue weighted by atomic mass is 19.1. The van der Waals surface area contributed by atoms with Crippen LogP contribution in [0.2, 0.25) is 0 Å². The van der Waals surface area contributed by atoms with E-state index in [1.54, 1.807) is 19.2 Å². The number of hydrogen-bond donors (Lipinski definition) is 0. The lowest BCUT2D eigenvalue weighted by Gasteiger charge is -2.08. The minimum Gasteiger partial charge on any atom is -0.423 e. The number of benzene rings is 3. The predicted octanol–water partition coefficient (Wildman–Crippen LogP) is 5.40. The van der Waals surface area contributed by atoms with Gasteiger partial charge in [-0.05, 0) is 34.4 Å². The zero-order valence-electron chi connectivity index (χ0n) is 14.9. The molecular formula is C23H19FO3. The van der Waals surface area contributed by atoms with Gasteiger partial charge in [-0.3, -0.25) is 0 Å². The fourth-order valence-corrected chi connectivity index (χ4v) is 2.75. The van der Waals surface area contributed by atoms with E-state index < -0.39 is 11.8 Å². The second kappa shape index (κ2) is 8.43. The van der Waals surface area contributed by atoms with Gasteiger partial charge in [-0.15, -0.1) is 0 Å². The van der Waals surface area contributed by atoms with Crippen LogP contribution >= 0.6 is 0 Å². The number of rotatable bonds is 6. The topological polar surface area (TPSA) is 35.5 Å². The van der Waals surface area contributed by atoms with Crippen molar-refractivity contribution >= 4 is 5.97 Å². The van der Waals surface area contributed by atoms with Crippen molar-refractivity contribution < 1.29 is 18.7 Å². The summed E-state index contributed by atoms with van der Waals surface area (Å²) in [5.41, 5.74) is 4.41. The maximum absolute atomic E-state index is 14.4. The molecule has 0 heterocycles. The van der Waals surface area contributed by atoms with Gasteiger partial charge in [0.2, 0.25) is 0 Å². The maximum atomic E-state index is 14.4. The molecule has 0 spiro atoms. The molecule has 0 aromatic heterocycles. The summed E-state index contributed by atoms with van der Waals surface area (Å²) < 4.78 is 24.5. The minimum absolute atomic E-state index is 0.147. The van der Waals surface area contributed by atoms with Crippen molar-refractivity contribution in [3.8, 4) is 28.0 Å². The van der Waals surface area contributed by atoms with Gasteiger partial charge in [0, 0.05) is 24.8 Å². The second-order valence-corrected chi connectivity index (χ2v) is 5.97. The summed E-state index contributed by atoms with van der Waals surface area (Å²) in [5, 5.41) is 0. The third kappa shape index (κ3) is 4.49. The molecule has 0 aliphatic carbocycles. The zero-order valence-corrected chi connectivity index (χ0v) is 14.9. The molecule has 3 aromatic carbocycles. The molecule has 4 heteroatoms. The van der Waals surface area contributed by atoms with E-state index in [4.69, 9.17) is 9.47 Å². The molecule has 0 fully saturated rings. The van der Waals surface area contributed by atoms with Gasteiger partial charge in [0.15, 0.2) is 0 Å². The number of carbonyl (C=O) groups excluding carboxylic acids is 1. The Labute approximate surface area is 157 Å². The normalized spacial score (nSPS) is 10.4. The van der Waals surface area contributed by atoms with E-state index in [0.717, 1.165) is 28.3 Å². The van der Waals surface area contributed by atoms with Gasteiger partial charge in [-0.2, -0.15) is 0 Å². The fourth-order valence-electron chi connectivity index (χ4n) is 2.75. The molecule has 0 aliphatic rings. The van der Waals surface area contributed by atoms with Crippen LogP contribution < -0.4 is 4.74 Å². The van der Waals surface area contributed by atoms with Crippen LogP contribution in [0.5, 0.6) is 5.75 Å². The molecule has 0 saturated heterocycles. The summed E-state index contributed by atoms with van der Waals surface area (Å²) in [5.74, 6) is -0.932. The van der Waals surface area contributed by atoms with Crippen molar-refractivity contribution in [1.82, 2.24) is 0 Å². The lowest BCUT2D eigenvalue weighted by atomic mass is 9.99. The quantitative estimate of drug-likeness (QED) is 0.335. The molecule has 3 nitrogen and oxygen atoms in total. The summed E-state index contributed by atoms with van der Waals surface area (Å²) in [7, 11) is 1.67. The largest absolute Gasteiger partial charge is 0.423 e. The van der Waals surface area contributed by atoms with Crippen LogP contribution in [-0.4, -0.2) is 13.1 Å². The van der Waals surface area contributed by atoms with Gasteiger partial charge in [-0.25, -0.2) is 9.18 Å². The SMILES string of the molecule is C=CC(=O)Oc1ccc(-c2ccc(-c3ccc(COC)cc3)cc2)c(F)c1. The molecule has 3 aromatic rings. The first-order valence-corrected chi connectivity index (χ1v) is 8.43. The first-order valence-electron chi connectivity index (χ1n) is 8.43. The molecule has 27 heavy (non-hydrogen) atoms. The van der Waals surface area contributed by atoms with Crippen LogP contribution in [0.25, 0.3) is 22.3 Å². The van der Waals surface area contributed by atoms with E-state index in [2.05, 4.69) is 6.58 Å². The Kier molecular flexibility index (Phi) is 5.79. The Bertz CT molecular complexity index is 944. The van der Waals surface area contributed by atoms with Crippen molar-refractivity contribution in [2.75, 3.05) is 7.11 Å². The number of methoxy groups -OCH3 is 1. The van der Waals surface area contributed by atoms with Crippen LogP contribution in [-0.2, 0) is 16.1 Å². The summed E-state index contributed by atoms with van der Waals surface area (Å²) in [4.78, 5) is 11.2. The average molecular weight is 362 g/mol. The number of ether oxygens (including phenoxy) is 2. The molecule has 0 bridgehead atoms. The van der Waals surface area contributed by atoms with E-state index >= 15 is 0 Å². The van der Waals surface area contributed by atoms with Crippen molar-refractivity contribution in [3.63, 3.8) is 0 Å². The highest BCUT2D eigenvalue weighted by Gasteiger charge is 2.09. The van der Waals surface area contributed by atoms with Gasteiger partial charge < -0.3 is 9.47 Å². The molecule has 0 radical (unpaired) electrons. The van der Waals surface area contributed by atoms with Crippen LogP contribution in [0.4, 0.5) is 4.39 Å². The number of hydrogen-bond acceptors (Lipinski definition) is 3. The molecular weight excluding hydrogens is 343 g/mol. The number of esters is 1. The number of halogens is 1. The Morgan fingerprint density at radius 1 is 0.963 bits per heavy atom. The first-order chi connectivity index (χ1) is 13.1. The second-order valence-electron chi connectivity index (χ2n) is 5.97. The lowest BCUT2D eigenvalue weighted by molar-refractivity contribution is -0.128. The summed E-state index contributed by atoms with van der Waals surface area (Å²) in [6.07, 6.45) is 1.03. The molecule has 0 aliphatic heterocycles. The third-order valence-electron chi connectivity index (χ3n) is 4.12. The van der Waals surface area contributed by atoms with E-state index in [1.807, 2.05) is 48.5 Å². The van der Waals surface area contributed by atoms with Crippen molar-refractivity contribution in [1.29, 1.82) is 0 Å². The Balaban J connectivity index is 1.80. The molecule has 3 rings (SSSR count). The van der Waals surface area contributed by atoms with Crippen LogP contribution in [0, 0.1) is 5.82 Å². The van der Waals surface area contributed by atoms with Crippen molar-refractivity contribution in [2.45, 2.75) is 6.61 Å². The van der Waals surface area contributed by atoms with Crippen LogP contribution in [0.15, 0.2) is 79.4 Å². The Hall–Kier alpha value is -3.24. The summed E-state index contributed by atoms with van der Waals surface area (Å²) in [6, 6.07) is 20.1. The van der Waals surface area contributed by atoms with Crippen LogP contribution in [0.3, 0.4) is 0 Å². The van der Waals surface area contributed by atoms with Gasteiger partial charge in [0.05, 0.1) is 6.61 Å². The Morgan fingerprint density at radius 2 is 1.56 bits per heavy atom. The first kappa shape index (κ1) is 18.5. The van der Waals surface area contributed by atoms with E-state index in [1.165, 1.54) is 6.07 Å². The molecule has 0 saturated carbocycles. The predicted molar refractivity (Wildman–Crippen MR) is 104 cm³/mol. The van der Waals surface area contributed by atoms with E-state index in [-0.39, 0.29) is 5.75 Å². The molecule has 0 atom stereocenters. The smallest absolute Gasteiger partial charge is 0.335 e. The summed E-state index contributed by atoms with van der Waals surface area (Å²) in [6.45, 7) is 3.90. The van der Waals surface area contributed by atoms with Gasteiger partial charge in [0.1, 0.15) is 11.6 Å². The highest BCUT2D eigenvalue weighted by molar-refractivity contribution is 5.83. The van der Waals surface area contributed by atoms with Crippen LogP contribution in [0.1, 0.15) is 5.56 Å². The zero-order chi connectivity index (χ0) is 19.2. The van der Waals surface area contributed by atoms with Gasteiger partial charge in [-0.1, -0.05) is 55.1 Å². The third-order valence-corrected chi connectivity index (χ3v) is 4.12. The molecule has 0 amide bonds. The van der Waals surface area contributed by atoms with Crippen molar-refractivity contribution in [2.24, 2.45) is 0 Å². The fraction of sp³-hybridized carbons (Fsp3) is 0.0870. The average Bonchev–Trinajstić information content (AvgIpc) is 2.69. The molecule has 136 valence electrons. The Morgan fingerprint density at radius 3 is 2.11 bits per heavy atom. The van der Waals surface area contributed by atoms with Gasteiger partial charge >= 0.3 is 5.97 Å². The van der Waals surface area contributed by atoms with E-state index in [0.29, 0.717) is 12.2 Å². The van der Waals surface area contributed by atoms with Gasteiger partial charge in [0.25, 0.3) is 0 Å². The monoisotopic (exact) mass is 362 g/mol. The lowest BCUT2D eigenvalue weighted by Crippen LogP contribution is -2.03. The number of carbonyl (C=O) groups is 1. The van der Waals surface area contributed by atoms with E-state index in [9.17, 15) is 9.18 Å². The van der Waals surface area contributed by atoms with Crippen molar-refractivity contribution in [3.05, 3.63) is 90.8 Å². The molecule has 0 unspecified atom stereocenters.